The molecule has 0 fully saturated rings. The summed E-state index contributed by atoms with van der Waals surface area (Å²) in [4.78, 5) is 2.19. The summed E-state index contributed by atoms with van der Waals surface area (Å²) in [6, 6.07) is 0. The molecule has 0 aromatic rings. The Morgan fingerprint density at radius 2 is 1.50 bits per heavy atom. The van der Waals surface area contributed by atoms with Gasteiger partial charge in [-0.2, -0.15) is 0 Å². The van der Waals surface area contributed by atoms with Crippen LogP contribution in [0.15, 0.2) is 0 Å². The van der Waals surface area contributed by atoms with E-state index in [2.05, 4.69) is 4.90 Å². The molecular formula is C12H27NO3. The average molecular weight is 233 g/mol. The molecule has 0 aromatic heterocycles. The highest BCUT2D eigenvalue weighted by Crippen LogP contribution is 1.97. The Balaban J connectivity index is 3.75. The number of rotatable bonds is 11. The minimum Gasteiger partial charge on any atom is -0.392 e. The molecular weight excluding hydrogens is 206 g/mol. The van der Waals surface area contributed by atoms with Crippen molar-refractivity contribution in [2.75, 3.05) is 46.1 Å². The Bertz CT molecular complexity index is 134. The lowest BCUT2D eigenvalue weighted by molar-refractivity contribution is 0.0526. The predicted molar refractivity (Wildman–Crippen MR) is 65.7 cm³/mol. The van der Waals surface area contributed by atoms with E-state index in [1.807, 2.05) is 20.8 Å². The van der Waals surface area contributed by atoms with Crippen molar-refractivity contribution in [2.45, 2.75) is 33.3 Å². The second kappa shape index (κ2) is 11.3. The van der Waals surface area contributed by atoms with Crippen LogP contribution in [0.2, 0.25) is 0 Å². The fraction of sp³-hybridized carbons (Fsp3) is 1.00. The van der Waals surface area contributed by atoms with Crippen LogP contribution in [0.25, 0.3) is 0 Å². The third-order valence-electron chi connectivity index (χ3n) is 2.45. The van der Waals surface area contributed by atoms with Gasteiger partial charge >= 0.3 is 0 Å². The number of ether oxygens (including phenoxy) is 2. The summed E-state index contributed by atoms with van der Waals surface area (Å²) in [6.07, 6.45) is 0.544. The monoisotopic (exact) mass is 233 g/mol. The van der Waals surface area contributed by atoms with Gasteiger partial charge in [-0.3, -0.25) is 4.90 Å². The fourth-order valence-electron chi connectivity index (χ4n) is 1.40. The SMILES string of the molecule is CCOCCN(CCOCC)CC(O)CC. The number of aliphatic hydroxyl groups is 1. The molecule has 0 aliphatic rings. The van der Waals surface area contributed by atoms with Crippen LogP contribution >= 0.6 is 0 Å². The second-order valence-electron chi connectivity index (χ2n) is 3.76. The van der Waals surface area contributed by atoms with Crippen LogP contribution in [0.3, 0.4) is 0 Å². The Labute approximate surface area is 99.5 Å². The molecule has 1 atom stereocenters. The first-order valence-electron chi connectivity index (χ1n) is 6.30. The molecule has 0 aliphatic heterocycles. The maximum absolute atomic E-state index is 9.62. The lowest BCUT2D eigenvalue weighted by Crippen LogP contribution is -2.37. The molecule has 0 heterocycles. The Morgan fingerprint density at radius 1 is 1.00 bits per heavy atom. The van der Waals surface area contributed by atoms with Crippen molar-refractivity contribution in [2.24, 2.45) is 0 Å². The van der Waals surface area contributed by atoms with Gasteiger partial charge in [0.15, 0.2) is 0 Å². The first-order valence-corrected chi connectivity index (χ1v) is 6.30. The molecule has 16 heavy (non-hydrogen) atoms. The van der Waals surface area contributed by atoms with E-state index < -0.39 is 0 Å². The highest BCUT2D eigenvalue weighted by atomic mass is 16.5. The van der Waals surface area contributed by atoms with Gasteiger partial charge in [0.2, 0.25) is 0 Å². The van der Waals surface area contributed by atoms with Crippen molar-refractivity contribution < 1.29 is 14.6 Å². The zero-order valence-corrected chi connectivity index (χ0v) is 10.9. The molecule has 1 unspecified atom stereocenters. The summed E-state index contributed by atoms with van der Waals surface area (Å²) >= 11 is 0. The van der Waals surface area contributed by atoms with E-state index in [1.165, 1.54) is 0 Å². The predicted octanol–water partition coefficient (Wildman–Crippen LogP) is 1.13. The van der Waals surface area contributed by atoms with Crippen molar-refractivity contribution >= 4 is 0 Å². The van der Waals surface area contributed by atoms with E-state index in [1.54, 1.807) is 0 Å². The third-order valence-corrected chi connectivity index (χ3v) is 2.45. The van der Waals surface area contributed by atoms with Crippen molar-refractivity contribution in [3.05, 3.63) is 0 Å². The van der Waals surface area contributed by atoms with E-state index in [0.717, 1.165) is 45.9 Å². The van der Waals surface area contributed by atoms with Crippen LogP contribution in [-0.2, 0) is 9.47 Å². The van der Waals surface area contributed by atoms with Crippen LogP contribution in [0.4, 0.5) is 0 Å². The molecule has 0 aliphatic carbocycles. The maximum Gasteiger partial charge on any atom is 0.0664 e. The quantitative estimate of drug-likeness (QED) is 0.543. The molecule has 0 aromatic carbocycles. The van der Waals surface area contributed by atoms with Crippen molar-refractivity contribution in [3.63, 3.8) is 0 Å². The molecule has 0 saturated carbocycles. The van der Waals surface area contributed by atoms with Gasteiger partial charge in [0.1, 0.15) is 0 Å². The second-order valence-corrected chi connectivity index (χ2v) is 3.76. The highest BCUT2D eigenvalue weighted by molar-refractivity contribution is 4.63. The lowest BCUT2D eigenvalue weighted by atomic mass is 10.2. The minimum absolute atomic E-state index is 0.247. The topological polar surface area (TPSA) is 41.9 Å². The van der Waals surface area contributed by atoms with E-state index >= 15 is 0 Å². The third kappa shape index (κ3) is 9.09. The summed E-state index contributed by atoms with van der Waals surface area (Å²) in [5.41, 5.74) is 0. The lowest BCUT2D eigenvalue weighted by Gasteiger charge is -2.24. The van der Waals surface area contributed by atoms with E-state index in [9.17, 15) is 5.11 Å². The minimum atomic E-state index is -0.247. The van der Waals surface area contributed by atoms with Gasteiger partial charge in [-0.15, -0.1) is 0 Å². The average Bonchev–Trinajstić information content (AvgIpc) is 2.29. The number of hydrogen-bond donors (Lipinski definition) is 1. The van der Waals surface area contributed by atoms with Crippen LogP contribution in [0.1, 0.15) is 27.2 Å². The Kier molecular flexibility index (Phi) is 11.2. The summed E-state index contributed by atoms with van der Waals surface area (Å²) in [5, 5.41) is 9.62. The highest BCUT2D eigenvalue weighted by Gasteiger charge is 2.09. The molecule has 98 valence electrons. The summed E-state index contributed by atoms with van der Waals surface area (Å²) < 4.78 is 10.6. The summed E-state index contributed by atoms with van der Waals surface area (Å²) in [7, 11) is 0. The van der Waals surface area contributed by atoms with Crippen LogP contribution in [-0.4, -0.2) is 62.2 Å². The van der Waals surface area contributed by atoms with E-state index in [0.29, 0.717) is 6.54 Å². The Morgan fingerprint density at radius 3 is 1.88 bits per heavy atom. The van der Waals surface area contributed by atoms with Gasteiger partial charge in [0.25, 0.3) is 0 Å². The molecule has 0 amide bonds. The van der Waals surface area contributed by atoms with Gasteiger partial charge in [0.05, 0.1) is 19.3 Å². The molecule has 0 bridgehead atoms. The molecule has 1 N–H and O–H groups in total. The first kappa shape index (κ1) is 15.8. The molecule has 4 heteroatoms. The van der Waals surface area contributed by atoms with Crippen LogP contribution in [0, 0.1) is 0 Å². The van der Waals surface area contributed by atoms with E-state index in [-0.39, 0.29) is 6.10 Å². The van der Waals surface area contributed by atoms with Crippen molar-refractivity contribution in [1.29, 1.82) is 0 Å². The summed E-state index contributed by atoms with van der Waals surface area (Å²) in [5.74, 6) is 0. The number of hydrogen-bond acceptors (Lipinski definition) is 4. The zero-order valence-electron chi connectivity index (χ0n) is 10.9. The molecule has 0 rings (SSSR count). The van der Waals surface area contributed by atoms with Gasteiger partial charge < -0.3 is 14.6 Å². The van der Waals surface area contributed by atoms with E-state index in [4.69, 9.17) is 9.47 Å². The van der Waals surface area contributed by atoms with Gasteiger partial charge in [-0.05, 0) is 20.3 Å². The molecule has 0 spiro atoms. The molecule has 4 nitrogen and oxygen atoms in total. The fourth-order valence-corrected chi connectivity index (χ4v) is 1.40. The van der Waals surface area contributed by atoms with Gasteiger partial charge in [0, 0.05) is 32.8 Å². The first-order chi connectivity index (χ1) is 7.74. The van der Waals surface area contributed by atoms with Gasteiger partial charge in [-0.1, -0.05) is 6.92 Å². The zero-order chi connectivity index (χ0) is 12.2. The van der Waals surface area contributed by atoms with Crippen molar-refractivity contribution in [3.8, 4) is 0 Å². The smallest absolute Gasteiger partial charge is 0.0664 e. The number of aliphatic hydroxyl groups excluding tert-OH is 1. The largest absolute Gasteiger partial charge is 0.392 e. The van der Waals surface area contributed by atoms with Crippen LogP contribution in [0.5, 0.6) is 0 Å². The molecule has 0 saturated heterocycles. The normalized spacial score (nSPS) is 13.3. The van der Waals surface area contributed by atoms with Gasteiger partial charge in [-0.25, -0.2) is 0 Å². The van der Waals surface area contributed by atoms with Crippen molar-refractivity contribution in [1.82, 2.24) is 4.90 Å². The van der Waals surface area contributed by atoms with Crippen LogP contribution < -0.4 is 0 Å². The standard InChI is InChI=1S/C12H27NO3/c1-4-12(14)11-13(7-9-15-5-2)8-10-16-6-3/h12,14H,4-11H2,1-3H3. The molecule has 0 radical (unpaired) electrons. The number of nitrogens with zero attached hydrogens (tertiary/aromatic N) is 1. The Hall–Kier alpha value is -0.160. The maximum atomic E-state index is 9.62. The summed E-state index contributed by atoms with van der Waals surface area (Å²) in [6.45, 7) is 11.3.